The first kappa shape index (κ1) is 36.5. The Balaban J connectivity index is 1.31. The van der Waals surface area contributed by atoms with Gasteiger partial charge in [0.1, 0.15) is 5.82 Å². The van der Waals surface area contributed by atoms with Crippen molar-refractivity contribution in [3.63, 3.8) is 0 Å². The molecule has 4 aromatic carbocycles. The van der Waals surface area contributed by atoms with E-state index in [9.17, 15) is 0 Å². The van der Waals surface area contributed by atoms with Crippen LogP contribution in [0.2, 0.25) is 0 Å². The Morgan fingerprint density at radius 3 is 1.23 bits per heavy atom. The van der Waals surface area contributed by atoms with Gasteiger partial charge in [-0.1, -0.05) is 177 Å². The van der Waals surface area contributed by atoms with Crippen LogP contribution in [0.25, 0.3) is 33.4 Å². The maximum atomic E-state index is 15.4. The summed E-state index contributed by atoms with van der Waals surface area (Å²) in [6.07, 6.45) is 22.6. The minimum Gasteiger partial charge on any atom is -0.206 e. The first-order valence-corrected chi connectivity index (χ1v) is 18.5. The molecule has 0 aliphatic carbocycles. The van der Waals surface area contributed by atoms with E-state index in [2.05, 4.69) is 26.0 Å². The number of unbranched alkanes of at least 4 members (excludes halogenated alkanes) is 14. The van der Waals surface area contributed by atoms with Crippen molar-refractivity contribution in [1.29, 1.82) is 0 Å². The summed E-state index contributed by atoms with van der Waals surface area (Å²) in [4.78, 5) is 0. The van der Waals surface area contributed by atoms with Gasteiger partial charge in [0.15, 0.2) is 11.6 Å². The van der Waals surface area contributed by atoms with Crippen LogP contribution < -0.4 is 0 Å². The minimum absolute atomic E-state index is 0.0590. The Kier molecular flexibility index (Phi) is 15.6. The number of hydrogen-bond donors (Lipinski definition) is 0. The summed E-state index contributed by atoms with van der Waals surface area (Å²) < 4.78 is 46.1. The standard InChI is InChI=1S/C44H55F3/c1-3-5-7-9-11-13-15-17-19-34-21-25-36(26-22-34)38-29-30-40(42(45)33-38)41-32-31-39(43(46)44(41)47)37-27-23-35(24-28-37)20-18-16-14-12-10-8-6-4-2/h21-33H,3-20H2,1-2H3. The van der Waals surface area contributed by atoms with Crippen molar-refractivity contribution in [3.8, 4) is 33.4 Å². The van der Waals surface area contributed by atoms with Crippen molar-refractivity contribution in [1.82, 2.24) is 0 Å². The lowest BCUT2D eigenvalue weighted by atomic mass is 9.95. The van der Waals surface area contributed by atoms with Crippen LogP contribution in [-0.2, 0) is 12.8 Å². The second kappa shape index (κ2) is 20.1. The van der Waals surface area contributed by atoms with Crippen LogP contribution in [0, 0.1) is 17.5 Å². The molecule has 0 radical (unpaired) electrons. The first-order valence-electron chi connectivity index (χ1n) is 18.5. The van der Waals surface area contributed by atoms with Crippen molar-refractivity contribution < 1.29 is 13.2 Å². The zero-order chi connectivity index (χ0) is 33.3. The van der Waals surface area contributed by atoms with Crippen molar-refractivity contribution in [2.75, 3.05) is 0 Å². The summed E-state index contributed by atoms with van der Waals surface area (Å²) in [6, 6.07) is 23.8. The van der Waals surface area contributed by atoms with Crippen LogP contribution in [0.1, 0.15) is 128 Å². The molecule has 0 saturated heterocycles. The third-order valence-electron chi connectivity index (χ3n) is 9.53. The maximum absolute atomic E-state index is 15.4. The van der Waals surface area contributed by atoms with Crippen LogP contribution in [0.5, 0.6) is 0 Å². The molecule has 0 saturated carbocycles. The molecular weight excluding hydrogens is 585 g/mol. The molecule has 0 fully saturated rings. The maximum Gasteiger partial charge on any atom is 0.167 e. The fourth-order valence-corrected chi connectivity index (χ4v) is 6.53. The zero-order valence-corrected chi connectivity index (χ0v) is 28.9. The van der Waals surface area contributed by atoms with Gasteiger partial charge >= 0.3 is 0 Å². The Hall–Kier alpha value is -3.33. The number of rotatable bonds is 21. The molecule has 0 amide bonds. The highest BCUT2D eigenvalue weighted by molar-refractivity contribution is 5.75. The molecule has 4 rings (SSSR count). The molecular formula is C44H55F3. The summed E-state index contributed by atoms with van der Waals surface area (Å²) in [5, 5.41) is 0. The zero-order valence-electron chi connectivity index (χ0n) is 28.9. The van der Waals surface area contributed by atoms with Crippen LogP contribution in [0.15, 0.2) is 78.9 Å². The van der Waals surface area contributed by atoms with E-state index >= 15 is 13.2 Å². The molecule has 0 aromatic heterocycles. The van der Waals surface area contributed by atoms with Gasteiger partial charge in [-0.05, 0) is 59.6 Å². The Bertz CT molecular complexity index is 1470. The number of halogens is 3. The van der Waals surface area contributed by atoms with Gasteiger partial charge in [0.2, 0.25) is 0 Å². The minimum atomic E-state index is -1.03. The smallest absolute Gasteiger partial charge is 0.167 e. The van der Waals surface area contributed by atoms with Gasteiger partial charge in [-0.25, -0.2) is 13.2 Å². The van der Waals surface area contributed by atoms with Gasteiger partial charge in [-0.15, -0.1) is 0 Å². The predicted molar refractivity (Wildman–Crippen MR) is 195 cm³/mol. The lowest BCUT2D eigenvalue weighted by molar-refractivity contribution is 0.513. The Labute approximate surface area is 282 Å². The molecule has 3 heteroatoms. The topological polar surface area (TPSA) is 0 Å². The van der Waals surface area contributed by atoms with Gasteiger partial charge in [-0.3, -0.25) is 0 Å². The van der Waals surface area contributed by atoms with Crippen molar-refractivity contribution >= 4 is 0 Å². The summed E-state index contributed by atoms with van der Waals surface area (Å²) in [7, 11) is 0. The third kappa shape index (κ3) is 11.4. The van der Waals surface area contributed by atoms with Crippen LogP contribution in [0.3, 0.4) is 0 Å². The quantitative estimate of drug-likeness (QED) is 0.0795. The number of benzene rings is 4. The highest BCUT2D eigenvalue weighted by Gasteiger charge is 2.18. The average molecular weight is 641 g/mol. The first-order chi connectivity index (χ1) is 23.0. The molecule has 0 unspecified atom stereocenters. The molecule has 0 aliphatic heterocycles. The fourth-order valence-electron chi connectivity index (χ4n) is 6.53. The monoisotopic (exact) mass is 640 g/mol. The van der Waals surface area contributed by atoms with E-state index in [1.807, 2.05) is 36.4 Å². The van der Waals surface area contributed by atoms with E-state index in [1.165, 1.54) is 120 Å². The van der Waals surface area contributed by atoms with Gasteiger partial charge in [-0.2, -0.15) is 0 Å². The molecule has 0 spiro atoms. The van der Waals surface area contributed by atoms with Gasteiger partial charge in [0.25, 0.3) is 0 Å². The molecule has 0 aliphatic rings. The summed E-state index contributed by atoms with van der Waals surface area (Å²) in [5.41, 5.74) is 4.91. The van der Waals surface area contributed by atoms with Gasteiger partial charge in [0, 0.05) is 16.7 Å². The van der Waals surface area contributed by atoms with E-state index < -0.39 is 17.5 Å². The SMILES string of the molecule is CCCCCCCCCCc1ccc(-c2ccc(-c3ccc(-c4ccc(CCCCCCCCCC)cc4)c(F)c3F)c(F)c2)cc1. The van der Waals surface area contributed by atoms with Gasteiger partial charge in [0.05, 0.1) is 0 Å². The van der Waals surface area contributed by atoms with Crippen molar-refractivity contribution in [2.45, 2.75) is 129 Å². The molecule has 0 bridgehead atoms. The Morgan fingerprint density at radius 2 is 0.745 bits per heavy atom. The lowest BCUT2D eigenvalue weighted by Crippen LogP contribution is -1.96. The van der Waals surface area contributed by atoms with Crippen LogP contribution in [0.4, 0.5) is 13.2 Å². The fraction of sp³-hybridized carbons (Fsp3) is 0.455. The van der Waals surface area contributed by atoms with E-state index in [-0.39, 0.29) is 16.7 Å². The largest absolute Gasteiger partial charge is 0.206 e. The Morgan fingerprint density at radius 1 is 0.362 bits per heavy atom. The van der Waals surface area contributed by atoms with Gasteiger partial charge < -0.3 is 0 Å². The molecule has 47 heavy (non-hydrogen) atoms. The van der Waals surface area contributed by atoms with Crippen molar-refractivity contribution in [2.24, 2.45) is 0 Å². The molecule has 0 nitrogen and oxygen atoms in total. The summed E-state index contributed by atoms with van der Waals surface area (Å²) in [5.74, 6) is -2.54. The molecule has 252 valence electrons. The predicted octanol–water partition coefficient (Wildman–Crippen LogP) is 14.5. The van der Waals surface area contributed by atoms with Crippen LogP contribution >= 0.6 is 0 Å². The summed E-state index contributed by atoms with van der Waals surface area (Å²) >= 11 is 0. The number of hydrogen-bond acceptors (Lipinski definition) is 0. The molecule has 0 N–H and O–H groups in total. The summed E-state index contributed by atoms with van der Waals surface area (Å²) in [6.45, 7) is 4.49. The second-order valence-corrected chi connectivity index (χ2v) is 13.3. The third-order valence-corrected chi connectivity index (χ3v) is 9.53. The van der Waals surface area contributed by atoms with E-state index in [4.69, 9.17) is 0 Å². The average Bonchev–Trinajstić information content (AvgIpc) is 3.09. The van der Waals surface area contributed by atoms with E-state index in [0.717, 1.165) is 30.4 Å². The highest BCUT2D eigenvalue weighted by Crippen LogP contribution is 2.34. The lowest BCUT2D eigenvalue weighted by Gasteiger charge is -2.12. The van der Waals surface area contributed by atoms with E-state index in [0.29, 0.717) is 5.56 Å². The highest BCUT2D eigenvalue weighted by atomic mass is 19.2. The van der Waals surface area contributed by atoms with Crippen LogP contribution in [-0.4, -0.2) is 0 Å². The normalized spacial score (nSPS) is 11.3. The molecule has 0 heterocycles. The molecule has 0 atom stereocenters. The number of aryl methyl sites for hydroxylation is 2. The molecule has 4 aromatic rings. The van der Waals surface area contributed by atoms with E-state index in [1.54, 1.807) is 18.2 Å². The van der Waals surface area contributed by atoms with Crippen molar-refractivity contribution in [3.05, 3.63) is 107 Å². The second-order valence-electron chi connectivity index (χ2n) is 13.3.